The molecule has 1 heterocycles. The van der Waals surface area contributed by atoms with Gasteiger partial charge in [-0.3, -0.25) is 0 Å². The number of aliphatic hydroxyl groups excluding tert-OH is 1. The highest BCUT2D eigenvalue weighted by Gasteiger charge is 2.16. The van der Waals surface area contributed by atoms with Crippen molar-refractivity contribution in [2.45, 2.75) is 13.2 Å². The van der Waals surface area contributed by atoms with Gasteiger partial charge in [0, 0.05) is 12.1 Å². The average Bonchev–Trinajstić information content (AvgIpc) is 2.85. The van der Waals surface area contributed by atoms with Crippen LogP contribution in [0.2, 0.25) is 5.15 Å². The fraction of sp³-hybridized carbons (Fsp3) is 0.118. The van der Waals surface area contributed by atoms with Crippen LogP contribution >= 0.6 is 11.6 Å². The maximum atomic E-state index is 9.59. The molecule has 0 unspecified atom stereocenters. The van der Waals surface area contributed by atoms with Gasteiger partial charge in [0.2, 0.25) is 0 Å². The Bertz CT molecular complexity index is 723. The second kappa shape index (κ2) is 6.12. The lowest BCUT2D eigenvalue weighted by atomic mass is 10.2. The number of rotatable bonds is 4. The lowest BCUT2D eigenvalue weighted by Gasteiger charge is -2.11. The second-order valence-electron chi connectivity index (χ2n) is 4.77. The molecule has 1 N–H and O–H groups in total. The van der Waals surface area contributed by atoms with Crippen molar-refractivity contribution in [2.75, 3.05) is 0 Å². The van der Waals surface area contributed by atoms with Gasteiger partial charge in [-0.25, -0.2) is 4.98 Å². The van der Waals surface area contributed by atoms with Gasteiger partial charge in [-0.05, 0) is 5.56 Å². The molecule has 0 atom stereocenters. The minimum absolute atomic E-state index is 0.133. The first-order valence-corrected chi connectivity index (χ1v) is 7.12. The number of nitrogens with zero attached hydrogens (tertiary/aromatic N) is 2. The molecule has 21 heavy (non-hydrogen) atoms. The van der Waals surface area contributed by atoms with Crippen molar-refractivity contribution in [3.8, 4) is 11.4 Å². The van der Waals surface area contributed by atoms with E-state index in [-0.39, 0.29) is 6.61 Å². The standard InChI is InChI=1S/C17H15ClN2O/c18-16-15(12-21)20(11-13-7-3-1-4-8-13)17(19-16)14-9-5-2-6-10-14/h1-10,21H,11-12H2. The molecule has 3 aromatic rings. The molecular weight excluding hydrogens is 284 g/mol. The normalized spacial score (nSPS) is 10.8. The molecule has 4 heteroatoms. The third kappa shape index (κ3) is 2.84. The van der Waals surface area contributed by atoms with Gasteiger partial charge in [-0.15, -0.1) is 0 Å². The van der Waals surface area contributed by atoms with Gasteiger partial charge in [-0.1, -0.05) is 72.3 Å². The molecule has 1 aromatic heterocycles. The van der Waals surface area contributed by atoms with E-state index in [0.29, 0.717) is 17.4 Å². The SMILES string of the molecule is OCc1c(Cl)nc(-c2ccccc2)n1Cc1ccccc1. The Kier molecular flexibility index (Phi) is 4.04. The predicted molar refractivity (Wildman–Crippen MR) is 84.1 cm³/mol. The maximum absolute atomic E-state index is 9.59. The predicted octanol–water partition coefficient (Wildman–Crippen LogP) is 3.74. The molecule has 0 aliphatic rings. The van der Waals surface area contributed by atoms with Gasteiger partial charge < -0.3 is 9.67 Å². The number of benzene rings is 2. The van der Waals surface area contributed by atoms with Gasteiger partial charge in [0.15, 0.2) is 5.15 Å². The van der Waals surface area contributed by atoms with E-state index >= 15 is 0 Å². The molecule has 0 fully saturated rings. The van der Waals surface area contributed by atoms with Gasteiger partial charge in [0.05, 0.1) is 12.3 Å². The zero-order valence-corrected chi connectivity index (χ0v) is 12.2. The van der Waals surface area contributed by atoms with Crippen molar-refractivity contribution in [1.82, 2.24) is 9.55 Å². The van der Waals surface area contributed by atoms with E-state index in [2.05, 4.69) is 4.98 Å². The maximum Gasteiger partial charge on any atom is 0.153 e. The summed E-state index contributed by atoms with van der Waals surface area (Å²) in [6.45, 7) is 0.492. The highest BCUT2D eigenvalue weighted by molar-refractivity contribution is 6.30. The monoisotopic (exact) mass is 298 g/mol. The number of hydrogen-bond acceptors (Lipinski definition) is 2. The fourth-order valence-electron chi connectivity index (χ4n) is 2.35. The van der Waals surface area contributed by atoms with Gasteiger partial charge >= 0.3 is 0 Å². The van der Waals surface area contributed by atoms with Crippen LogP contribution in [0.3, 0.4) is 0 Å². The Labute approximate surface area is 128 Å². The molecule has 0 amide bonds. The first-order chi connectivity index (χ1) is 10.3. The van der Waals surface area contributed by atoms with E-state index in [4.69, 9.17) is 11.6 Å². The van der Waals surface area contributed by atoms with E-state index in [0.717, 1.165) is 17.0 Å². The fourth-order valence-corrected chi connectivity index (χ4v) is 2.59. The highest BCUT2D eigenvalue weighted by atomic mass is 35.5. The number of imidazole rings is 1. The first-order valence-electron chi connectivity index (χ1n) is 6.74. The highest BCUT2D eigenvalue weighted by Crippen LogP contribution is 2.26. The quantitative estimate of drug-likeness (QED) is 0.797. The summed E-state index contributed by atoms with van der Waals surface area (Å²) in [6, 6.07) is 19.9. The Balaban J connectivity index is 2.09. The molecule has 106 valence electrons. The Morgan fingerprint density at radius 2 is 1.57 bits per heavy atom. The molecule has 2 aromatic carbocycles. The van der Waals surface area contributed by atoms with Crippen molar-refractivity contribution >= 4 is 11.6 Å². The number of hydrogen-bond donors (Lipinski definition) is 1. The molecule has 0 radical (unpaired) electrons. The molecule has 0 bridgehead atoms. The molecule has 0 saturated heterocycles. The zero-order chi connectivity index (χ0) is 14.7. The molecule has 0 spiro atoms. The topological polar surface area (TPSA) is 38.1 Å². The Morgan fingerprint density at radius 1 is 0.952 bits per heavy atom. The van der Waals surface area contributed by atoms with E-state index in [1.807, 2.05) is 65.2 Å². The van der Waals surface area contributed by atoms with Crippen LogP contribution in [0.4, 0.5) is 0 Å². The molecule has 0 saturated carbocycles. The van der Waals surface area contributed by atoms with Gasteiger partial charge in [-0.2, -0.15) is 0 Å². The minimum atomic E-state index is -0.133. The first kappa shape index (κ1) is 13.9. The van der Waals surface area contributed by atoms with Gasteiger partial charge in [0.1, 0.15) is 5.82 Å². The van der Waals surface area contributed by atoms with Gasteiger partial charge in [0.25, 0.3) is 0 Å². The summed E-state index contributed by atoms with van der Waals surface area (Å²) >= 11 is 6.17. The van der Waals surface area contributed by atoms with E-state index in [1.54, 1.807) is 0 Å². The molecular formula is C17H15ClN2O. The van der Waals surface area contributed by atoms with Crippen LogP contribution in [0, 0.1) is 0 Å². The van der Waals surface area contributed by atoms with E-state index in [1.165, 1.54) is 0 Å². The van der Waals surface area contributed by atoms with Crippen molar-refractivity contribution in [3.05, 3.63) is 77.1 Å². The largest absolute Gasteiger partial charge is 0.390 e. The molecule has 0 aliphatic carbocycles. The van der Waals surface area contributed by atoms with Crippen LogP contribution < -0.4 is 0 Å². The molecule has 0 aliphatic heterocycles. The third-order valence-corrected chi connectivity index (χ3v) is 3.69. The number of halogens is 1. The number of aromatic nitrogens is 2. The summed E-state index contributed by atoms with van der Waals surface area (Å²) in [7, 11) is 0. The minimum Gasteiger partial charge on any atom is -0.390 e. The summed E-state index contributed by atoms with van der Waals surface area (Å²) < 4.78 is 1.97. The number of aliphatic hydroxyl groups is 1. The summed E-state index contributed by atoms with van der Waals surface area (Å²) in [5, 5.41) is 9.95. The summed E-state index contributed by atoms with van der Waals surface area (Å²) in [6.07, 6.45) is 0. The van der Waals surface area contributed by atoms with Crippen molar-refractivity contribution < 1.29 is 5.11 Å². The van der Waals surface area contributed by atoms with Crippen molar-refractivity contribution in [3.63, 3.8) is 0 Å². The lowest BCUT2D eigenvalue weighted by molar-refractivity contribution is 0.272. The van der Waals surface area contributed by atoms with Crippen LogP contribution in [0.5, 0.6) is 0 Å². The summed E-state index contributed by atoms with van der Waals surface area (Å²) in [4.78, 5) is 4.42. The molecule has 3 nitrogen and oxygen atoms in total. The summed E-state index contributed by atoms with van der Waals surface area (Å²) in [5.74, 6) is 0.772. The van der Waals surface area contributed by atoms with Crippen LogP contribution in [0.1, 0.15) is 11.3 Å². The smallest absolute Gasteiger partial charge is 0.153 e. The summed E-state index contributed by atoms with van der Waals surface area (Å²) in [5.41, 5.74) is 2.76. The third-order valence-electron chi connectivity index (χ3n) is 3.39. The Morgan fingerprint density at radius 3 is 2.19 bits per heavy atom. The van der Waals surface area contributed by atoms with Crippen LogP contribution in [-0.2, 0) is 13.2 Å². The molecule has 3 rings (SSSR count). The lowest BCUT2D eigenvalue weighted by Crippen LogP contribution is -2.06. The van der Waals surface area contributed by atoms with Crippen LogP contribution in [0.15, 0.2) is 60.7 Å². The second-order valence-corrected chi connectivity index (χ2v) is 5.13. The van der Waals surface area contributed by atoms with Crippen molar-refractivity contribution in [2.24, 2.45) is 0 Å². The van der Waals surface area contributed by atoms with E-state index in [9.17, 15) is 5.11 Å². The Hall–Kier alpha value is -2.10. The average molecular weight is 299 g/mol. The zero-order valence-electron chi connectivity index (χ0n) is 11.4. The van der Waals surface area contributed by atoms with E-state index < -0.39 is 0 Å². The van der Waals surface area contributed by atoms with Crippen LogP contribution in [-0.4, -0.2) is 14.7 Å². The van der Waals surface area contributed by atoms with Crippen LogP contribution in [0.25, 0.3) is 11.4 Å². The van der Waals surface area contributed by atoms with Crippen molar-refractivity contribution in [1.29, 1.82) is 0 Å².